The van der Waals surface area contributed by atoms with Crippen molar-refractivity contribution in [1.82, 2.24) is 9.97 Å². The molecule has 0 aliphatic carbocycles. The summed E-state index contributed by atoms with van der Waals surface area (Å²) >= 11 is 1.61. The lowest BCUT2D eigenvalue weighted by Gasteiger charge is -2.10. The van der Waals surface area contributed by atoms with E-state index in [0.29, 0.717) is 16.8 Å². The van der Waals surface area contributed by atoms with Crippen LogP contribution in [0.5, 0.6) is 0 Å². The van der Waals surface area contributed by atoms with Gasteiger partial charge in [-0.3, -0.25) is 0 Å². The molecule has 2 aromatic heterocycles. The third-order valence-electron chi connectivity index (χ3n) is 4.29. The molecule has 4 aromatic rings. The van der Waals surface area contributed by atoms with Crippen LogP contribution in [0.4, 0.5) is 4.39 Å². The number of nitrogens with two attached hydrogens (primary N) is 1. The first kappa shape index (κ1) is 17.1. The predicted octanol–water partition coefficient (Wildman–Crippen LogP) is 4.97. The van der Waals surface area contributed by atoms with Gasteiger partial charge in [0.2, 0.25) is 0 Å². The predicted molar refractivity (Wildman–Crippen MR) is 109 cm³/mol. The molecule has 0 aliphatic heterocycles. The largest absolute Gasteiger partial charge is 0.398 e. The SMILES string of the molecule is N=CC(=C(N)c1ccc(F)cc1)c1ccc2ncnc(-c3cccs3)c2c1. The summed E-state index contributed by atoms with van der Waals surface area (Å²) < 4.78 is 13.2. The van der Waals surface area contributed by atoms with Crippen LogP contribution < -0.4 is 5.73 Å². The van der Waals surface area contributed by atoms with Gasteiger partial charge >= 0.3 is 0 Å². The van der Waals surface area contributed by atoms with E-state index in [1.807, 2.05) is 35.7 Å². The van der Waals surface area contributed by atoms with E-state index in [0.717, 1.165) is 27.0 Å². The maximum absolute atomic E-state index is 13.2. The summed E-state index contributed by atoms with van der Waals surface area (Å²) in [5.41, 5.74) is 10.4. The standard InChI is InChI=1S/C21H15FN4S/c22-15-6-3-13(4-7-15)20(24)17(11-23)14-5-8-18-16(10-14)21(26-12-25-18)19-2-1-9-27-19/h1-12,23H,24H2. The quantitative estimate of drug-likeness (QED) is 0.391. The maximum Gasteiger partial charge on any atom is 0.123 e. The lowest BCUT2D eigenvalue weighted by Crippen LogP contribution is -2.03. The lowest BCUT2D eigenvalue weighted by molar-refractivity contribution is 0.627. The van der Waals surface area contributed by atoms with E-state index in [1.54, 1.807) is 29.8 Å². The number of aromatic nitrogens is 2. The highest BCUT2D eigenvalue weighted by Gasteiger charge is 2.12. The summed E-state index contributed by atoms with van der Waals surface area (Å²) in [5.74, 6) is -0.327. The Bertz CT molecular complexity index is 1150. The average Bonchev–Trinajstić information content (AvgIpc) is 3.23. The van der Waals surface area contributed by atoms with Gasteiger partial charge in [0.1, 0.15) is 12.1 Å². The highest BCUT2D eigenvalue weighted by Crippen LogP contribution is 2.31. The first-order chi connectivity index (χ1) is 13.2. The van der Waals surface area contributed by atoms with Crippen molar-refractivity contribution in [3.05, 3.63) is 83.2 Å². The number of nitrogens with one attached hydrogen (secondary N) is 1. The monoisotopic (exact) mass is 374 g/mol. The zero-order valence-corrected chi connectivity index (χ0v) is 15.0. The molecule has 0 fully saturated rings. The molecule has 2 heterocycles. The number of halogens is 1. The first-order valence-electron chi connectivity index (χ1n) is 8.22. The van der Waals surface area contributed by atoms with Crippen molar-refractivity contribution in [1.29, 1.82) is 5.41 Å². The number of allylic oxidation sites excluding steroid dienone is 1. The molecule has 0 bridgehead atoms. The molecule has 4 rings (SSSR count). The highest BCUT2D eigenvalue weighted by molar-refractivity contribution is 7.13. The third-order valence-corrected chi connectivity index (χ3v) is 5.17. The van der Waals surface area contributed by atoms with Crippen molar-refractivity contribution in [2.45, 2.75) is 0 Å². The molecule has 2 aromatic carbocycles. The van der Waals surface area contributed by atoms with E-state index in [1.165, 1.54) is 18.3 Å². The van der Waals surface area contributed by atoms with Crippen LogP contribution in [0.15, 0.2) is 66.3 Å². The number of fused-ring (bicyclic) bond motifs is 1. The van der Waals surface area contributed by atoms with Gasteiger partial charge in [-0.1, -0.05) is 12.1 Å². The molecule has 0 saturated carbocycles. The molecular weight excluding hydrogens is 359 g/mol. The number of benzene rings is 2. The lowest BCUT2D eigenvalue weighted by atomic mass is 9.98. The Hall–Kier alpha value is -3.38. The molecule has 0 amide bonds. The molecule has 0 saturated heterocycles. The van der Waals surface area contributed by atoms with E-state index >= 15 is 0 Å². The van der Waals surface area contributed by atoms with E-state index < -0.39 is 0 Å². The molecule has 6 heteroatoms. The second-order valence-electron chi connectivity index (χ2n) is 5.91. The summed E-state index contributed by atoms with van der Waals surface area (Å²) in [6.07, 6.45) is 2.77. The summed E-state index contributed by atoms with van der Waals surface area (Å²) in [6, 6.07) is 15.6. The summed E-state index contributed by atoms with van der Waals surface area (Å²) in [7, 11) is 0. The Kier molecular flexibility index (Phi) is 4.48. The van der Waals surface area contributed by atoms with Crippen LogP contribution in [0.3, 0.4) is 0 Å². The second-order valence-corrected chi connectivity index (χ2v) is 6.86. The molecule has 4 nitrogen and oxygen atoms in total. The molecular formula is C21H15FN4S. The van der Waals surface area contributed by atoms with E-state index in [2.05, 4.69) is 9.97 Å². The Morgan fingerprint density at radius 1 is 1.04 bits per heavy atom. The van der Waals surface area contributed by atoms with Crippen molar-refractivity contribution >= 4 is 39.7 Å². The van der Waals surface area contributed by atoms with Crippen molar-refractivity contribution in [3.8, 4) is 10.6 Å². The van der Waals surface area contributed by atoms with Gasteiger partial charge in [0, 0.05) is 22.9 Å². The summed E-state index contributed by atoms with van der Waals surface area (Å²) in [4.78, 5) is 9.83. The molecule has 0 radical (unpaired) electrons. The van der Waals surface area contributed by atoms with Gasteiger partial charge in [-0.25, -0.2) is 14.4 Å². The van der Waals surface area contributed by atoms with Crippen LogP contribution in [0.2, 0.25) is 0 Å². The zero-order valence-electron chi connectivity index (χ0n) is 14.2. The van der Waals surface area contributed by atoms with Crippen LogP contribution in [-0.4, -0.2) is 16.2 Å². The van der Waals surface area contributed by atoms with Gasteiger partial charge in [-0.2, -0.15) is 0 Å². The van der Waals surface area contributed by atoms with Crippen molar-refractivity contribution in [2.75, 3.05) is 0 Å². The number of thiophene rings is 1. The number of nitrogens with zero attached hydrogens (tertiary/aromatic N) is 2. The number of hydrogen-bond acceptors (Lipinski definition) is 5. The minimum absolute atomic E-state index is 0.327. The van der Waals surface area contributed by atoms with E-state index in [4.69, 9.17) is 11.1 Å². The average molecular weight is 374 g/mol. The van der Waals surface area contributed by atoms with Gasteiger partial charge in [-0.05, 0) is 59.0 Å². The smallest absolute Gasteiger partial charge is 0.123 e. The third kappa shape index (κ3) is 3.22. The molecule has 0 unspecified atom stereocenters. The molecule has 0 aliphatic rings. The van der Waals surface area contributed by atoms with Gasteiger partial charge in [0.15, 0.2) is 0 Å². The van der Waals surface area contributed by atoms with Crippen LogP contribution in [0.1, 0.15) is 11.1 Å². The van der Waals surface area contributed by atoms with Gasteiger partial charge in [0.25, 0.3) is 0 Å². The van der Waals surface area contributed by atoms with Crippen molar-refractivity contribution in [3.63, 3.8) is 0 Å². The molecule has 0 atom stereocenters. The fourth-order valence-electron chi connectivity index (χ4n) is 2.94. The van der Waals surface area contributed by atoms with E-state index in [9.17, 15) is 4.39 Å². The van der Waals surface area contributed by atoms with Crippen LogP contribution in [0, 0.1) is 11.2 Å². The van der Waals surface area contributed by atoms with Crippen LogP contribution in [-0.2, 0) is 0 Å². The highest BCUT2D eigenvalue weighted by atomic mass is 32.1. The Balaban J connectivity index is 1.90. The maximum atomic E-state index is 13.2. The molecule has 0 spiro atoms. The topological polar surface area (TPSA) is 75.7 Å². The summed E-state index contributed by atoms with van der Waals surface area (Å²) in [5, 5.41) is 10.7. The zero-order chi connectivity index (χ0) is 18.8. The van der Waals surface area contributed by atoms with Gasteiger partial charge < -0.3 is 11.1 Å². The number of hydrogen-bond donors (Lipinski definition) is 2. The minimum Gasteiger partial charge on any atom is -0.398 e. The Morgan fingerprint density at radius 2 is 1.81 bits per heavy atom. The van der Waals surface area contributed by atoms with Crippen LogP contribution >= 0.6 is 11.3 Å². The number of rotatable bonds is 4. The fourth-order valence-corrected chi connectivity index (χ4v) is 3.67. The van der Waals surface area contributed by atoms with Crippen LogP contribution in [0.25, 0.3) is 32.7 Å². The van der Waals surface area contributed by atoms with Gasteiger partial charge in [0.05, 0.1) is 16.1 Å². The Labute approximate surface area is 159 Å². The second kappa shape index (κ2) is 7.09. The van der Waals surface area contributed by atoms with Crippen molar-refractivity contribution < 1.29 is 4.39 Å². The normalized spacial score (nSPS) is 12.0. The molecule has 27 heavy (non-hydrogen) atoms. The fraction of sp³-hybridized carbons (Fsp3) is 0. The first-order valence-corrected chi connectivity index (χ1v) is 9.10. The van der Waals surface area contributed by atoms with E-state index in [-0.39, 0.29) is 5.82 Å². The molecule has 3 N–H and O–H groups in total. The summed E-state index contributed by atoms with van der Waals surface area (Å²) in [6.45, 7) is 0. The van der Waals surface area contributed by atoms with Crippen molar-refractivity contribution in [2.24, 2.45) is 5.73 Å². The minimum atomic E-state index is -0.327. The Morgan fingerprint density at radius 3 is 2.52 bits per heavy atom. The molecule has 132 valence electrons. The van der Waals surface area contributed by atoms with Gasteiger partial charge in [-0.15, -0.1) is 11.3 Å².